The van der Waals surface area contributed by atoms with Gasteiger partial charge in [-0.15, -0.1) is 11.8 Å². The molecule has 0 aliphatic rings. The maximum absolute atomic E-state index is 2.30. The summed E-state index contributed by atoms with van der Waals surface area (Å²) in [6.45, 7) is 4.41. The monoisotopic (exact) mass is 180 g/mol. The molecule has 0 radical (unpaired) electrons. The number of thioether (sulfide) groups is 1. The third kappa shape index (κ3) is 2.90. The topological polar surface area (TPSA) is 0 Å². The van der Waals surface area contributed by atoms with Crippen molar-refractivity contribution in [2.45, 2.75) is 31.6 Å². The molecule has 1 aromatic rings. The van der Waals surface area contributed by atoms with Gasteiger partial charge in [0.25, 0.3) is 0 Å². The first kappa shape index (κ1) is 9.66. The summed E-state index contributed by atoms with van der Waals surface area (Å²) >= 11 is 1.92. The van der Waals surface area contributed by atoms with Crippen molar-refractivity contribution in [3.05, 3.63) is 29.8 Å². The average Bonchev–Trinajstić information content (AvgIpc) is 2.06. The van der Waals surface area contributed by atoms with Crippen LogP contribution in [0.15, 0.2) is 29.2 Å². The minimum absolute atomic E-state index is 1.16. The van der Waals surface area contributed by atoms with Gasteiger partial charge in [-0.3, -0.25) is 0 Å². The lowest BCUT2D eigenvalue weighted by atomic mass is 10.1. The Morgan fingerprint density at radius 1 is 1.25 bits per heavy atom. The third-order valence-electron chi connectivity index (χ3n) is 1.75. The summed E-state index contributed by atoms with van der Waals surface area (Å²) in [5.74, 6) is 1.16. The molecular weight excluding hydrogens is 164 g/mol. The van der Waals surface area contributed by atoms with Crippen molar-refractivity contribution < 1.29 is 0 Å². The fourth-order valence-corrected chi connectivity index (χ4v) is 1.99. The third-order valence-corrected chi connectivity index (χ3v) is 2.62. The predicted octanol–water partition coefficient (Wildman–Crippen LogP) is 3.75. The Labute approximate surface area is 79.4 Å². The van der Waals surface area contributed by atoms with Gasteiger partial charge >= 0.3 is 0 Å². The molecule has 0 saturated heterocycles. The number of rotatable bonds is 4. The molecular formula is C11H16S. The zero-order valence-electron chi connectivity index (χ0n) is 7.84. The molecule has 0 amide bonds. The van der Waals surface area contributed by atoms with E-state index in [1.807, 2.05) is 11.8 Å². The molecule has 0 aliphatic carbocycles. The van der Waals surface area contributed by atoms with Crippen molar-refractivity contribution in [3.8, 4) is 0 Å². The van der Waals surface area contributed by atoms with E-state index in [4.69, 9.17) is 0 Å². The van der Waals surface area contributed by atoms with E-state index in [0.717, 1.165) is 5.75 Å². The molecule has 0 fully saturated rings. The van der Waals surface area contributed by atoms with E-state index < -0.39 is 0 Å². The first-order chi connectivity index (χ1) is 5.86. The highest BCUT2D eigenvalue weighted by Gasteiger charge is 1.93. The highest BCUT2D eigenvalue weighted by molar-refractivity contribution is 7.99. The van der Waals surface area contributed by atoms with Gasteiger partial charge < -0.3 is 0 Å². The second kappa shape index (κ2) is 5.26. The minimum atomic E-state index is 1.16. The van der Waals surface area contributed by atoms with Gasteiger partial charge in [-0.1, -0.05) is 32.4 Å². The average molecular weight is 180 g/mol. The first-order valence-electron chi connectivity index (χ1n) is 4.58. The molecule has 0 saturated carbocycles. The van der Waals surface area contributed by atoms with Crippen LogP contribution in [0, 0.1) is 0 Å². The molecule has 0 bridgehead atoms. The lowest BCUT2D eigenvalue weighted by Crippen LogP contribution is -1.82. The second-order valence-corrected chi connectivity index (χ2v) is 4.17. The van der Waals surface area contributed by atoms with Gasteiger partial charge in [0.1, 0.15) is 0 Å². The molecule has 0 N–H and O–H groups in total. The molecule has 12 heavy (non-hydrogen) atoms. The second-order valence-electron chi connectivity index (χ2n) is 2.83. The highest BCUT2D eigenvalue weighted by Crippen LogP contribution is 2.18. The van der Waals surface area contributed by atoms with Crippen LogP contribution in [0.2, 0.25) is 0 Å². The summed E-state index contributed by atoms with van der Waals surface area (Å²) in [6.07, 6.45) is 2.44. The molecule has 0 nitrogen and oxygen atoms in total. The smallest absolute Gasteiger partial charge is 0.00745 e. The van der Waals surface area contributed by atoms with Gasteiger partial charge in [0.2, 0.25) is 0 Å². The largest absolute Gasteiger partial charge is 0.126 e. The Kier molecular flexibility index (Phi) is 4.23. The predicted molar refractivity (Wildman–Crippen MR) is 56.8 cm³/mol. The Morgan fingerprint density at radius 3 is 2.75 bits per heavy atom. The molecule has 0 atom stereocenters. The van der Waals surface area contributed by atoms with Crippen LogP contribution in [-0.2, 0) is 6.42 Å². The number of hydrogen-bond donors (Lipinski definition) is 0. The standard InChI is InChI=1S/C11H16S/c1-3-6-10-7-5-8-11(9-10)12-4-2/h5,7-9H,3-4,6H2,1-2H3. The maximum Gasteiger partial charge on any atom is 0.00745 e. The van der Waals surface area contributed by atoms with Gasteiger partial charge in [0.15, 0.2) is 0 Å². The summed E-state index contributed by atoms with van der Waals surface area (Å²) < 4.78 is 0. The molecule has 66 valence electrons. The molecule has 1 aromatic carbocycles. The summed E-state index contributed by atoms with van der Waals surface area (Å²) in [7, 11) is 0. The van der Waals surface area contributed by atoms with Gasteiger partial charge in [-0.2, -0.15) is 0 Å². The molecule has 0 heterocycles. The van der Waals surface area contributed by atoms with Crippen LogP contribution in [0.4, 0.5) is 0 Å². The van der Waals surface area contributed by atoms with Crippen LogP contribution >= 0.6 is 11.8 Å². The Balaban J connectivity index is 2.67. The van der Waals surface area contributed by atoms with E-state index in [-0.39, 0.29) is 0 Å². The van der Waals surface area contributed by atoms with E-state index in [1.54, 1.807) is 0 Å². The van der Waals surface area contributed by atoms with Crippen LogP contribution in [0.25, 0.3) is 0 Å². The summed E-state index contributed by atoms with van der Waals surface area (Å²) in [5.41, 5.74) is 1.47. The number of benzene rings is 1. The quantitative estimate of drug-likeness (QED) is 0.636. The van der Waals surface area contributed by atoms with Crippen LogP contribution < -0.4 is 0 Å². The van der Waals surface area contributed by atoms with Gasteiger partial charge in [-0.05, 0) is 29.9 Å². The lowest BCUT2D eigenvalue weighted by Gasteiger charge is -2.01. The minimum Gasteiger partial charge on any atom is -0.126 e. The Bertz CT molecular complexity index is 209. The summed E-state index contributed by atoms with van der Waals surface area (Å²) in [5, 5.41) is 0. The number of aryl methyl sites for hydroxylation is 1. The van der Waals surface area contributed by atoms with Crippen LogP contribution in [0.5, 0.6) is 0 Å². The molecule has 0 spiro atoms. The van der Waals surface area contributed by atoms with Crippen LogP contribution in [0.3, 0.4) is 0 Å². The van der Waals surface area contributed by atoms with Crippen LogP contribution in [-0.4, -0.2) is 5.75 Å². The van der Waals surface area contributed by atoms with E-state index in [2.05, 4.69) is 38.1 Å². The van der Waals surface area contributed by atoms with Crippen LogP contribution in [0.1, 0.15) is 25.8 Å². The van der Waals surface area contributed by atoms with Gasteiger partial charge in [0.05, 0.1) is 0 Å². The Morgan fingerprint density at radius 2 is 2.08 bits per heavy atom. The molecule has 1 heteroatoms. The highest BCUT2D eigenvalue weighted by atomic mass is 32.2. The van der Waals surface area contributed by atoms with E-state index in [0.29, 0.717) is 0 Å². The van der Waals surface area contributed by atoms with E-state index >= 15 is 0 Å². The zero-order valence-corrected chi connectivity index (χ0v) is 8.66. The van der Waals surface area contributed by atoms with Crippen molar-refractivity contribution in [3.63, 3.8) is 0 Å². The van der Waals surface area contributed by atoms with Crippen molar-refractivity contribution in [2.24, 2.45) is 0 Å². The van der Waals surface area contributed by atoms with Gasteiger partial charge in [-0.25, -0.2) is 0 Å². The first-order valence-corrected chi connectivity index (χ1v) is 5.57. The van der Waals surface area contributed by atoms with Crippen molar-refractivity contribution in [1.82, 2.24) is 0 Å². The van der Waals surface area contributed by atoms with E-state index in [1.165, 1.54) is 23.3 Å². The van der Waals surface area contributed by atoms with Gasteiger partial charge in [0, 0.05) is 4.90 Å². The Hall–Kier alpha value is -0.430. The molecule has 1 rings (SSSR count). The van der Waals surface area contributed by atoms with Crippen molar-refractivity contribution >= 4 is 11.8 Å². The number of hydrogen-bond acceptors (Lipinski definition) is 1. The fraction of sp³-hybridized carbons (Fsp3) is 0.455. The van der Waals surface area contributed by atoms with Crippen molar-refractivity contribution in [2.75, 3.05) is 5.75 Å². The normalized spacial score (nSPS) is 10.2. The van der Waals surface area contributed by atoms with E-state index in [9.17, 15) is 0 Å². The molecule has 0 unspecified atom stereocenters. The summed E-state index contributed by atoms with van der Waals surface area (Å²) in [6, 6.07) is 8.86. The SMILES string of the molecule is CCCc1cccc(SCC)c1. The molecule has 0 aromatic heterocycles. The molecule has 0 aliphatic heterocycles. The maximum atomic E-state index is 2.30. The fourth-order valence-electron chi connectivity index (χ4n) is 1.25. The summed E-state index contributed by atoms with van der Waals surface area (Å²) in [4.78, 5) is 1.41. The zero-order chi connectivity index (χ0) is 8.81. The lowest BCUT2D eigenvalue weighted by molar-refractivity contribution is 0.918. The van der Waals surface area contributed by atoms with Crippen molar-refractivity contribution in [1.29, 1.82) is 0 Å².